The normalized spacial score (nSPS) is 25.4. The molecule has 4 nitrogen and oxygen atoms in total. The minimum atomic E-state index is 0.522. The lowest BCUT2D eigenvalue weighted by molar-refractivity contribution is 0.190. The minimum Gasteiger partial charge on any atom is -0.367 e. The molecule has 0 radical (unpaired) electrons. The summed E-state index contributed by atoms with van der Waals surface area (Å²) < 4.78 is 0. The number of nitrogens with zero attached hydrogens (tertiary/aromatic N) is 3. The molecule has 0 aromatic carbocycles. The summed E-state index contributed by atoms with van der Waals surface area (Å²) in [6.45, 7) is 3.44. The van der Waals surface area contributed by atoms with E-state index < -0.39 is 0 Å². The number of anilines is 1. The van der Waals surface area contributed by atoms with Gasteiger partial charge >= 0.3 is 0 Å². The van der Waals surface area contributed by atoms with Gasteiger partial charge in [0.15, 0.2) is 0 Å². The van der Waals surface area contributed by atoms with Gasteiger partial charge in [-0.15, -0.1) is 11.3 Å². The Balaban J connectivity index is 1.78. The molecule has 96 valence electrons. The van der Waals surface area contributed by atoms with E-state index in [1.807, 2.05) is 0 Å². The van der Waals surface area contributed by atoms with Gasteiger partial charge in [0.05, 0.1) is 5.39 Å². The smallest absolute Gasteiger partial charge is 0.138 e. The number of aromatic nitrogens is 2. The van der Waals surface area contributed by atoms with Gasteiger partial charge in [-0.05, 0) is 38.3 Å². The topological polar surface area (TPSA) is 41.1 Å². The highest BCUT2D eigenvalue weighted by molar-refractivity contribution is 7.16. The number of likely N-dealkylation sites (tertiary alicyclic amines) is 1. The third-order valence-corrected chi connectivity index (χ3v) is 4.63. The van der Waals surface area contributed by atoms with E-state index in [1.54, 1.807) is 17.7 Å². The van der Waals surface area contributed by atoms with E-state index in [9.17, 15) is 0 Å². The van der Waals surface area contributed by atoms with Crippen molar-refractivity contribution in [3.63, 3.8) is 0 Å². The Kier molecular flexibility index (Phi) is 3.18. The second-order valence-corrected chi connectivity index (χ2v) is 5.95. The van der Waals surface area contributed by atoms with Crippen LogP contribution in [0.15, 0.2) is 17.8 Å². The molecular weight excluding hydrogens is 244 g/mol. The Labute approximate surface area is 111 Å². The van der Waals surface area contributed by atoms with Gasteiger partial charge in [0, 0.05) is 18.6 Å². The molecule has 2 atom stereocenters. The van der Waals surface area contributed by atoms with Gasteiger partial charge in [0.1, 0.15) is 17.0 Å². The van der Waals surface area contributed by atoms with Gasteiger partial charge in [-0.25, -0.2) is 9.97 Å². The molecule has 18 heavy (non-hydrogen) atoms. The van der Waals surface area contributed by atoms with Crippen LogP contribution in [0.1, 0.15) is 19.8 Å². The molecule has 0 saturated carbocycles. The third kappa shape index (κ3) is 2.20. The van der Waals surface area contributed by atoms with Gasteiger partial charge in [0.2, 0.25) is 0 Å². The number of hydrogen-bond acceptors (Lipinski definition) is 5. The molecule has 0 spiro atoms. The summed E-state index contributed by atoms with van der Waals surface area (Å²) in [5.74, 6) is 0.989. The van der Waals surface area contributed by atoms with Gasteiger partial charge in [0.25, 0.3) is 0 Å². The average molecular weight is 262 g/mol. The first kappa shape index (κ1) is 11.9. The molecular formula is C13H18N4S. The zero-order valence-electron chi connectivity index (χ0n) is 10.8. The molecule has 2 aromatic heterocycles. The predicted molar refractivity (Wildman–Crippen MR) is 76.2 cm³/mol. The average Bonchev–Trinajstić information content (AvgIpc) is 2.83. The molecule has 2 unspecified atom stereocenters. The van der Waals surface area contributed by atoms with Crippen LogP contribution in [-0.2, 0) is 0 Å². The summed E-state index contributed by atoms with van der Waals surface area (Å²) in [6.07, 6.45) is 4.00. The van der Waals surface area contributed by atoms with Crippen molar-refractivity contribution in [3.8, 4) is 0 Å². The highest BCUT2D eigenvalue weighted by atomic mass is 32.1. The van der Waals surface area contributed by atoms with Crippen LogP contribution in [0, 0.1) is 0 Å². The summed E-state index contributed by atoms with van der Waals surface area (Å²) in [7, 11) is 2.20. The molecule has 1 aliphatic heterocycles. The largest absolute Gasteiger partial charge is 0.367 e. The van der Waals surface area contributed by atoms with Crippen LogP contribution in [0.2, 0.25) is 0 Å². The fraction of sp³-hybridized carbons (Fsp3) is 0.538. The molecule has 3 rings (SSSR count). The Morgan fingerprint density at radius 3 is 3.17 bits per heavy atom. The molecule has 1 fully saturated rings. The van der Waals surface area contributed by atoms with Crippen molar-refractivity contribution in [3.05, 3.63) is 17.8 Å². The van der Waals surface area contributed by atoms with Crippen LogP contribution in [0.25, 0.3) is 10.2 Å². The molecule has 3 heterocycles. The second-order valence-electron chi connectivity index (χ2n) is 5.06. The Hall–Kier alpha value is -1.20. The number of thiophene rings is 1. The highest BCUT2D eigenvalue weighted by Gasteiger charge is 2.23. The zero-order valence-corrected chi connectivity index (χ0v) is 11.6. The Morgan fingerprint density at radius 1 is 1.44 bits per heavy atom. The van der Waals surface area contributed by atoms with Crippen LogP contribution in [0.4, 0.5) is 5.82 Å². The number of rotatable bonds is 2. The first-order valence-electron chi connectivity index (χ1n) is 6.39. The van der Waals surface area contributed by atoms with Crippen molar-refractivity contribution >= 4 is 27.4 Å². The number of fused-ring (bicyclic) bond motifs is 1. The van der Waals surface area contributed by atoms with Crippen molar-refractivity contribution in [1.29, 1.82) is 0 Å². The lowest BCUT2D eigenvalue weighted by atomic mass is 9.99. The minimum absolute atomic E-state index is 0.522. The van der Waals surface area contributed by atoms with E-state index in [1.165, 1.54) is 12.8 Å². The maximum atomic E-state index is 4.39. The van der Waals surface area contributed by atoms with E-state index in [-0.39, 0.29) is 0 Å². The maximum absolute atomic E-state index is 4.39. The van der Waals surface area contributed by atoms with Crippen LogP contribution >= 0.6 is 11.3 Å². The molecule has 0 amide bonds. The van der Waals surface area contributed by atoms with Crippen molar-refractivity contribution in [2.24, 2.45) is 0 Å². The van der Waals surface area contributed by atoms with Gasteiger partial charge < -0.3 is 10.2 Å². The number of piperidine rings is 1. The first-order valence-corrected chi connectivity index (χ1v) is 7.27. The summed E-state index contributed by atoms with van der Waals surface area (Å²) in [5, 5.41) is 6.81. The molecule has 1 N–H and O–H groups in total. The van der Waals surface area contributed by atoms with Crippen molar-refractivity contribution in [1.82, 2.24) is 14.9 Å². The number of nitrogens with one attached hydrogen (secondary N) is 1. The van der Waals surface area contributed by atoms with Gasteiger partial charge in [-0.3, -0.25) is 0 Å². The molecule has 2 aromatic rings. The molecule has 0 aliphatic carbocycles. The summed E-state index contributed by atoms with van der Waals surface area (Å²) in [4.78, 5) is 12.1. The van der Waals surface area contributed by atoms with E-state index >= 15 is 0 Å². The maximum Gasteiger partial charge on any atom is 0.138 e. The third-order valence-electron chi connectivity index (χ3n) is 3.81. The fourth-order valence-electron chi connectivity index (χ4n) is 2.52. The van der Waals surface area contributed by atoms with Gasteiger partial charge in [-0.1, -0.05) is 0 Å². The van der Waals surface area contributed by atoms with Crippen LogP contribution < -0.4 is 5.32 Å². The Morgan fingerprint density at radius 2 is 2.33 bits per heavy atom. The predicted octanol–water partition coefficient (Wildman–Crippen LogP) is 2.59. The molecule has 0 bridgehead atoms. The van der Waals surface area contributed by atoms with E-state index in [2.05, 4.69) is 45.6 Å². The van der Waals surface area contributed by atoms with Crippen LogP contribution in [-0.4, -0.2) is 40.5 Å². The van der Waals surface area contributed by atoms with Crippen molar-refractivity contribution in [2.75, 3.05) is 18.9 Å². The lowest BCUT2D eigenvalue weighted by Gasteiger charge is -2.35. The standard InChI is InChI=1S/C13H18N4S/c1-9-7-10(3-5-17(9)2)16-12-11-4-6-18-13(11)15-8-14-12/h4,6,8-10H,3,5,7H2,1-2H3,(H,14,15,16). The Bertz CT molecular complexity index is 539. The monoisotopic (exact) mass is 262 g/mol. The molecule has 1 aliphatic rings. The van der Waals surface area contributed by atoms with Crippen LogP contribution in [0.5, 0.6) is 0 Å². The zero-order chi connectivity index (χ0) is 12.5. The summed E-state index contributed by atoms with van der Waals surface area (Å²) >= 11 is 1.67. The second kappa shape index (κ2) is 4.82. The van der Waals surface area contributed by atoms with Crippen molar-refractivity contribution < 1.29 is 0 Å². The quantitative estimate of drug-likeness (QED) is 0.903. The van der Waals surface area contributed by atoms with Crippen LogP contribution in [0.3, 0.4) is 0 Å². The fourth-order valence-corrected chi connectivity index (χ4v) is 3.25. The highest BCUT2D eigenvalue weighted by Crippen LogP contribution is 2.26. The lowest BCUT2D eigenvalue weighted by Crippen LogP contribution is -2.42. The van der Waals surface area contributed by atoms with Crippen molar-refractivity contribution in [2.45, 2.75) is 31.8 Å². The van der Waals surface area contributed by atoms with E-state index in [0.717, 1.165) is 22.6 Å². The van der Waals surface area contributed by atoms with E-state index in [0.29, 0.717) is 12.1 Å². The summed E-state index contributed by atoms with van der Waals surface area (Å²) in [5.41, 5.74) is 0. The SMILES string of the molecule is CC1CC(Nc2ncnc3sccc23)CCN1C. The molecule has 1 saturated heterocycles. The van der Waals surface area contributed by atoms with E-state index in [4.69, 9.17) is 0 Å². The molecule has 5 heteroatoms. The van der Waals surface area contributed by atoms with Gasteiger partial charge in [-0.2, -0.15) is 0 Å². The summed E-state index contributed by atoms with van der Waals surface area (Å²) in [6, 6.07) is 3.26. The number of hydrogen-bond donors (Lipinski definition) is 1. The first-order chi connectivity index (χ1) is 8.74.